The van der Waals surface area contributed by atoms with Gasteiger partial charge in [-0.3, -0.25) is 4.57 Å². The van der Waals surface area contributed by atoms with E-state index in [1.807, 2.05) is 6.92 Å². The first-order valence-electron chi connectivity index (χ1n) is 5.57. The fraction of sp³-hybridized carbons (Fsp3) is 0.273. The van der Waals surface area contributed by atoms with Crippen molar-refractivity contribution in [2.24, 2.45) is 0 Å². The summed E-state index contributed by atoms with van der Waals surface area (Å²) in [6.45, 7) is 2.39. The van der Waals surface area contributed by atoms with Crippen LogP contribution in [0.25, 0.3) is 11.4 Å². The van der Waals surface area contributed by atoms with Crippen molar-refractivity contribution in [2.75, 3.05) is 0 Å². The van der Waals surface area contributed by atoms with Crippen LogP contribution in [0.1, 0.15) is 13.3 Å². The Labute approximate surface area is 120 Å². The highest BCUT2D eigenvalue weighted by molar-refractivity contribution is 8.13. The van der Waals surface area contributed by atoms with Crippen molar-refractivity contribution in [1.29, 1.82) is 0 Å². The zero-order valence-corrected chi connectivity index (χ0v) is 12.4. The maximum atomic E-state index is 11.4. The van der Waals surface area contributed by atoms with Crippen LogP contribution in [0.3, 0.4) is 0 Å². The summed E-state index contributed by atoms with van der Waals surface area (Å²) >= 11 is 5.82. The van der Waals surface area contributed by atoms with Crippen molar-refractivity contribution in [1.82, 2.24) is 14.8 Å². The predicted molar refractivity (Wildman–Crippen MR) is 73.8 cm³/mol. The number of aromatic nitrogens is 3. The molecule has 2 rings (SSSR count). The second-order valence-corrected chi connectivity index (χ2v) is 6.80. The van der Waals surface area contributed by atoms with Gasteiger partial charge in [-0.15, -0.1) is 10.2 Å². The standard InChI is InChI=1S/C11H11Cl2N3O2S/c1-2-7-16-10(8-3-5-9(12)6-4-8)14-15-11(16)19(13,17)18/h3-6H,2,7H2,1H3. The highest BCUT2D eigenvalue weighted by Crippen LogP contribution is 2.24. The van der Waals surface area contributed by atoms with Crippen LogP contribution in [0.5, 0.6) is 0 Å². The van der Waals surface area contributed by atoms with Crippen LogP contribution in [0.2, 0.25) is 5.02 Å². The Morgan fingerprint density at radius 1 is 1.21 bits per heavy atom. The van der Waals surface area contributed by atoms with Gasteiger partial charge in [-0.1, -0.05) is 18.5 Å². The number of hydrogen-bond donors (Lipinski definition) is 0. The predicted octanol–water partition coefficient (Wildman–Crippen LogP) is 2.94. The minimum Gasteiger partial charge on any atom is -0.297 e. The maximum absolute atomic E-state index is 11.4. The van der Waals surface area contributed by atoms with Crippen LogP contribution in [0.4, 0.5) is 0 Å². The minimum atomic E-state index is -3.92. The van der Waals surface area contributed by atoms with Gasteiger partial charge in [0, 0.05) is 27.8 Å². The number of hydrogen-bond acceptors (Lipinski definition) is 4. The molecule has 0 aliphatic heterocycles. The van der Waals surface area contributed by atoms with E-state index in [0.29, 0.717) is 17.4 Å². The van der Waals surface area contributed by atoms with E-state index < -0.39 is 9.05 Å². The van der Waals surface area contributed by atoms with Gasteiger partial charge < -0.3 is 0 Å². The molecule has 0 N–H and O–H groups in total. The van der Waals surface area contributed by atoms with Gasteiger partial charge in [0.2, 0.25) is 0 Å². The lowest BCUT2D eigenvalue weighted by atomic mass is 10.2. The number of halogens is 2. The average molecular weight is 320 g/mol. The molecule has 0 spiro atoms. The Morgan fingerprint density at radius 3 is 2.37 bits per heavy atom. The zero-order chi connectivity index (χ0) is 14.0. The Bertz CT molecular complexity index is 680. The first-order valence-corrected chi connectivity index (χ1v) is 8.26. The van der Waals surface area contributed by atoms with Crippen LogP contribution in [-0.4, -0.2) is 23.2 Å². The largest absolute Gasteiger partial charge is 0.297 e. The molecule has 0 unspecified atom stereocenters. The summed E-state index contributed by atoms with van der Waals surface area (Å²) in [4.78, 5) is 0. The van der Waals surface area contributed by atoms with E-state index in [1.165, 1.54) is 4.57 Å². The van der Waals surface area contributed by atoms with Crippen LogP contribution in [-0.2, 0) is 15.6 Å². The zero-order valence-electron chi connectivity index (χ0n) is 10.0. The molecule has 0 saturated heterocycles. The summed E-state index contributed by atoms with van der Waals surface area (Å²) in [5, 5.41) is 7.93. The summed E-state index contributed by atoms with van der Waals surface area (Å²) < 4.78 is 24.4. The van der Waals surface area contributed by atoms with Gasteiger partial charge in [-0.05, 0) is 30.7 Å². The van der Waals surface area contributed by atoms with Crippen molar-refractivity contribution in [3.8, 4) is 11.4 Å². The molecule has 0 aliphatic rings. The van der Waals surface area contributed by atoms with E-state index in [-0.39, 0.29) is 5.16 Å². The third kappa shape index (κ3) is 3.08. The molecule has 0 radical (unpaired) electrons. The summed E-state index contributed by atoms with van der Waals surface area (Å²) in [7, 11) is 1.44. The second-order valence-electron chi connectivity index (χ2n) is 3.90. The first kappa shape index (κ1) is 14.3. The molecule has 0 bridgehead atoms. The van der Waals surface area contributed by atoms with Gasteiger partial charge in [0.15, 0.2) is 5.82 Å². The summed E-state index contributed by atoms with van der Waals surface area (Å²) in [6, 6.07) is 6.92. The molecule has 8 heteroatoms. The summed E-state index contributed by atoms with van der Waals surface area (Å²) in [5.41, 5.74) is 0.733. The van der Waals surface area contributed by atoms with Crippen molar-refractivity contribution in [3.63, 3.8) is 0 Å². The molecule has 1 aromatic heterocycles. The fourth-order valence-corrected chi connectivity index (χ4v) is 2.75. The average Bonchev–Trinajstić information content (AvgIpc) is 2.74. The molecule has 19 heavy (non-hydrogen) atoms. The Balaban J connectivity index is 2.58. The molecule has 1 heterocycles. The molecule has 2 aromatic rings. The molecule has 102 valence electrons. The lowest BCUT2D eigenvalue weighted by Gasteiger charge is -2.07. The second kappa shape index (κ2) is 5.48. The van der Waals surface area contributed by atoms with Crippen LogP contribution in [0, 0.1) is 0 Å². The van der Waals surface area contributed by atoms with Crippen molar-refractivity contribution in [2.45, 2.75) is 25.0 Å². The number of benzene rings is 1. The molecule has 1 aromatic carbocycles. The van der Waals surface area contributed by atoms with E-state index in [4.69, 9.17) is 22.3 Å². The van der Waals surface area contributed by atoms with E-state index in [9.17, 15) is 8.42 Å². The number of nitrogens with zero attached hydrogens (tertiary/aromatic N) is 3. The van der Waals surface area contributed by atoms with Crippen LogP contribution >= 0.6 is 22.3 Å². The van der Waals surface area contributed by atoms with Gasteiger partial charge in [-0.2, -0.15) is 0 Å². The SMILES string of the molecule is CCCn1c(-c2ccc(Cl)cc2)nnc1S(=O)(=O)Cl. The van der Waals surface area contributed by atoms with Gasteiger partial charge in [0.25, 0.3) is 14.2 Å². The molecule has 0 saturated carbocycles. The maximum Gasteiger partial charge on any atom is 0.296 e. The summed E-state index contributed by atoms with van der Waals surface area (Å²) in [5.74, 6) is 0.456. The topological polar surface area (TPSA) is 64.8 Å². The minimum absolute atomic E-state index is 0.235. The molecule has 0 aliphatic carbocycles. The fourth-order valence-electron chi connectivity index (χ4n) is 1.71. The summed E-state index contributed by atoms with van der Waals surface area (Å²) in [6.07, 6.45) is 0.734. The highest BCUT2D eigenvalue weighted by Gasteiger charge is 2.22. The molecule has 0 amide bonds. The van der Waals surface area contributed by atoms with Gasteiger partial charge in [-0.25, -0.2) is 8.42 Å². The lowest BCUT2D eigenvalue weighted by Crippen LogP contribution is -2.07. The van der Waals surface area contributed by atoms with Crippen molar-refractivity contribution < 1.29 is 8.42 Å². The molecule has 5 nitrogen and oxygen atoms in total. The van der Waals surface area contributed by atoms with Gasteiger partial charge >= 0.3 is 0 Å². The normalized spacial score (nSPS) is 11.7. The lowest BCUT2D eigenvalue weighted by molar-refractivity contribution is 0.570. The van der Waals surface area contributed by atoms with Gasteiger partial charge in [0.1, 0.15) is 0 Å². The Hall–Kier alpha value is -1.11. The molecule has 0 fully saturated rings. The smallest absolute Gasteiger partial charge is 0.296 e. The van der Waals surface area contributed by atoms with E-state index in [0.717, 1.165) is 12.0 Å². The highest BCUT2D eigenvalue weighted by atomic mass is 35.7. The van der Waals surface area contributed by atoms with Crippen molar-refractivity contribution in [3.05, 3.63) is 29.3 Å². The van der Waals surface area contributed by atoms with Crippen molar-refractivity contribution >= 4 is 31.3 Å². The quantitative estimate of drug-likeness (QED) is 0.813. The Morgan fingerprint density at radius 2 is 1.84 bits per heavy atom. The Kier molecular flexibility index (Phi) is 4.13. The molecular formula is C11H11Cl2N3O2S. The van der Waals surface area contributed by atoms with Crippen LogP contribution < -0.4 is 0 Å². The van der Waals surface area contributed by atoms with E-state index >= 15 is 0 Å². The van der Waals surface area contributed by atoms with E-state index in [2.05, 4.69) is 10.2 Å². The third-order valence-electron chi connectivity index (χ3n) is 2.48. The monoisotopic (exact) mass is 319 g/mol. The third-order valence-corrected chi connectivity index (χ3v) is 3.89. The van der Waals surface area contributed by atoms with Gasteiger partial charge in [0.05, 0.1) is 0 Å². The molecular weight excluding hydrogens is 309 g/mol. The van der Waals surface area contributed by atoms with E-state index in [1.54, 1.807) is 24.3 Å². The molecule has 0 atom stereocenters. The van der Waals surface area contributed by atoms with Crippen LogP contribution in [0.15, 0.2) is 29.4 Å². The first-order chi connectivity index (χ1) is 8.93. The number of rotatable bonds is 4.